The largest absolute Gasteiger partial charge is 0.376 e. The summed E-state index contributed by atoms with van der Waals surface area (Å²) in [6, 6.07) is -0.0835. The molecule has 0 bridgehead atoms. The number of amides is 2. The van der Waals surface area contributed by atoms with E-state index >= 15 is 0 Å². The number of rotatable bonds is 5. The highest BCUT2D eigenvalue weighted by Crippen LogP contribution is 2.26. The number of hydrogen-bond acceptors (Lipinski definition) is 5. The third-order valence-electron chi connectivity index (χ3n) is 2.93. The van der Waals surface area contributed by atoms with Crippen LogP contribution in [-0.2, 0) is 0 Å². The normalized spacial score (nSPS) is 20.4. The standard InChI is InChI=1S/C10H16N4O2S/c1-2-3-4-8-5-13(7-15)10(16)14(8)9-6-17-12-11-9/h6,8,15H,2-5,7H2,1H3. The third-order valence-corrected chi connectivity index (χ3v) is 3.42. The zero-order valence-corrected chi connectivity index (χ0v) is 10.6. The molecule has 1 saturated heterocycles. The molecule has 0 radical (unpaired) electrons. The van der Waals surface area contributed by atoms with E-state index in [4.69, 9.17) is 5.11 Å². The Bertz CT molecular complexity index is 370. The van der Waals surface area contributed by atoms with Crippen LogP contribution in [0.2, 0.25) is 0 Å². The van der Waals surface area contributed by atoms with Crippen LogP contribution in [0.5, 0.6) is 0 Å². The molecule has 1 aromatic heterocycles. The Kier molecular flexibility index (Phi) is 3.90. The summed E-state index contributed by atoms with van der Waals surface area (Å²) in [4.78, 5) is 15.1. The van der Waals surface area contributed by atoms with Gasteiger partial charge >= 0.3 is 6.03 Å². The summed E-state index contributed by atoms with van der Waals surface area (Å²) in [5, 5.41) is 14.8. The zero-order chi connectivity index (χ0) is 12.3. The van der Waals surface area contributed by atoms with Crippen molar-refractivity contribution in [3.05, 3.63) is 5.38 Å². The number of aromatic nitrogens is 2. The number of carbonyl (C=O) groups is 1. The van der Waals surface area contributed by atoms with Gasteiger partial charge in [-0.3, -0.25) is 9.80 Å². The molecule has 1 aromatic rings. The molecule has 1 atom stereocenters. The summed E-state index contributed by atoms with van der Waals surface area (Å²) in [7, 11) is 0. The van der Waals surface area contributed by atoms with Crippen molar-refractivity contribution in [1.29, 1.82) is 0 Å². The maximum Gasteiger partial charge on any atom is 0.327 e. The lowest BCUT2D eigenvalue weighted by Crippen LogP contribution is -2.35. The van der Waals surface area contributed by atoms with E-state index in [9.17, 15) is 4.79 Å². The molecule has 1 fully saturated rings. The second-order valence-electron chi connectivity index (χ2n) is 4.08. The minimum atomic E-state index is -0.241. The number of unbranched alkanes of at least 4 members (excludes halogenated alkanes) is 1. The van der Waals surface area contributed by atoms with Crippen molar-refractivity contribution in [3.8, 4) is 0 Å². The maximum atomic E-state index is 12.0. The fraction of sp³-hybridized carbons (Fsp3) is 0.700. The Morgan fingerprint density at radius 2 is 2.47 bits per heavy atom. The van der Waals surface area contributed by atoms with Crippen molar-refractivity contribution in [1.82, 2.24) is 14.5 Å². The molecular formula is C10H16N4O2S. The first-order valence-corrected chi connectivity index (χ1v) is 6.57. The maximum absolute atomic E-state index is 12.0. The van der Waals surface area contributed by atoms with Gasteiger partial charge < -0.3 is 5.11 Å². The Morgan fingerprint density at radius 1 is 1.65 bits per heavy atom. The van der Waals surface area contributed by atoms with Gasteiger partial charge in [-0.05, 0) is 18.0 Å². The molecule has 2 heterocycles. The van der Waals surface area contributed by atoms with Crippen molar-refractivity contribution in [2.75, 3.05) is 18.2 Å². The topological polar surface area (TPSA) is 69.6 Å². The van der Waals surface area contributed by atoms with Crippen molar-refractivity contribution in [2.24, 2.45) is 0 Å². The van der Waals surface area contributed by atoms with E-state index in [1.165, 1.54) is 16.4 Å². The van der Waals surface area contributed by atoms with Crippen molar-refractivity contribution in [2.45, 2.75) is 32.2 Å². The first-order valence-electron chi connectivity index (χ1n) is 5.74. The molecule has 1 aliphatic rings. The molecule has 6 nitrogen and oxygen atoms in total. The van der Waals surface area contributed by atoms with Gasteiger partial charge in [0.25, 0.3) is 0 Å². The van der Waals surface area contributed by atoms with Crippen LogP contribution in [0.15, 0.2) is 5.38 Å². The van der Waals surface area contributed by atoms with Crippen molar-refractivity contribution >= 4 is 23.4 Å². The Balaban J connectivity index is 2.15. The number of carbonyl (C=O) groups excluding carboxylic acids is 1. The van der Waals surface area contributed by atoms with Gasteiger partial charge in [0.05, 0.1) is 11.4 Å². The molecule has 0 aliphatic carbocycles. The van der Waals surface area contributed by atoms with Gasteiger partial charge in [0.1, 0.15) is 6.73 Å². The molecule has 7 heteroatoms. The van der Waals surface area contributed by atoms with E-state index < -0.39 is 0 Å². The molecule has 2 amide bonds. The summed E-state index contributed by atoms with van der Waals surface area (Å²) in [5.41, 5.74) is 0. The molecular weight excluding hydrogens is 240 g/mol. The lowest BCUT2D eigenvalue weighted by molar-refractivity contribution is 0.141. The molecule has 0 aromatic carbocycles. The number of aliphatic hydroxyl groups is 1. The predicted molar refractivity (Wildman–Crippen MR) is 64.9 cm³/mol. The van der Waals surface area contributed by atoms with Gasteiger partial charge in [-0.2, -0.15) is 0 Å². The van der Waals surface area contributed by atoms with Gasteiger partial charge in [-0.1, -0.05) is 24.3 Å². The highest BCUT2D eigenvalue weighted by molar-refractivity contribution is 7.03. The number of aliphatic hydroxyl groups excluding tert-OH is 1. The second kappa shape index (κ2) is 5.42. The molecule has 1 aliphatic heterocycles. The van der Waals surface area contributed by atoms with Gasteiger partial charge in [0, 0.05) is 6.54 Å². The van der Waals surface area contributed by atoms with Crippen LogP contribution in [0.1, 0.15) is 26.2 Å². The lowest BCUT2D eigenvalue weighted by atomic mass is 10.1. The zero-order valence-electron chi connectivity index (χ0n) is 9.74. The van der Waals surface area contributed by atoms with E-state index in [0.717, 1.165) is 19.3 Å². The molecule has 17 heavy (non-hydrogen) atoms. The van der Waals surface area contributed by atoms with Crippen molar-refractivity contribution < 1.29 is 9.90 Å². The van der Waals surface area contributed by atoms with Crippen molar-refractivity contribution in [3.63, 3.8) is 0 Å². The number of urea groups is 1. The smallest absolute Gasteiger partial charge is 0.327 e. The van der Waals surface area contributed by atoms with E-state index in [0.29, 0.717) is 12.4 Å². The highest BCUT2D eigenvalue weighted by Gasteiger charge is 2.38. The fourth-order valence-electron chi connectivity index (χ4n) is 2.05. The highest BCUT2D eigenvalue weighted by atomic mass is 32.1. The van der Waals surface area contributed by atoms with Crippen LogP contribution in [0.4, 0.5) is 10.6 Å². The minimum Gasteiger partial charge on any atom is -0.376 e. The van der Waals surface area contributed by atoms with Gasteiger partial charge in [-0.15, -0.1) is 5.10 Å². The molecule has 94 valence electrons. The summed E-state index contributed by atoms with van der Waals surface area (Å²) >= 11 is 1.23. The molecule has 0 spiro atoms. The minimum absolute atomic E-state index is 0.0958. The Hall–Kier alpha value is -1.21. The van der Waals surface area contributed by atoms with Gasteiger partial charge in [-0.25, -0.2) is 4.79 Å². The van der Waals surface area contributed by atoms with E-state index in [2.05, 4.69) is 16.5 Å². The van der Waals surface area contributed by atoms with Gasteiger partial charge in [0.2, 0.25) is 0 Å². The summed E-state index contributed by atoms with van der Waals surface area (Å²) < 4.78 is 3.78. The van der Waals surface area contributed by atoms with Crippen LogP contribution in [-0.4, -0.2) is 44.9 Å². The van der Waals surface area contributed by atoms with E-state index in [1.54, 1.807) is 10.3 Å². The van der Waals surface area contributed by atoms with Crippen LogP contribution in [0, 0.1) is 0 Å². The average Bonchev–Trinajstić information content (AvgIpc) is 2.93. The number of hydrogen-bond donors (Lipinski definition) is 1. The Morgan fingerprint density at radius 3 is 3.06 bits per heavy atom. The van der Waals surface area contributed by atoms with Crippen LogP contribution in [0.25, 0.3) is 0 Å². The number of anilines is 1. The summed E-state index contributed by atoms with van der Waals surface area (Å²) in [6.07, 6.45) is 3.08. The Labute approximate surface area is 104 Å². The van der Waals surface area contributed by atoms with Crippen LogP contribution >= 0.6 is 11.5 Å². The molecule has 1 N–H and O–H groups in total. The van der Waals surface area contributed by atoms with Gasteiger partial charge in [0.15, 0.2) is 5.82 Å². The van der Waals surface area contributed by atoms with E-state index in [-0.39, 0.29) is 18.8 Å². The summed E-state index contributed by atoms with van der Waals surface area (Å²) in [5.74, 6) is 0.594. The monoisotopic (exact) mass is 256 g/mol. The lowest BCUT2D eigenvalue weighted by Gasteiger charge is -2.19. The summed E-state index contributed by atoms with van der Waals surface area (Å²) in [6.45, 7) is 2.44. The predicted octanol–water partition coefficient (Wildman–Crippen LogP) is 1.29. The molecule has 1 unspecified atom stereocenters. The van der Waals surface area contributed by atoms with Crippen LogP contribution < -0.4 is 4.90 Å². The molecule has 0 saturated carbocycles. The first kappa shape index (κ1) is 12.3. The fourth-order valence-corrected chi connectivity index (χ4v) is 2.48. The molecule has 2 rings (SSSR count). The average molecular weight is 256 g/mol. The number of nitrogens with zero attached hydrogens (tertiary/aromatic N) is 4. The SMILES string of the molecule is CCCCC1CN(CO)C(=O)N1c1csnn1. The van der Waals surface area contributed by atoms with E-state index in [1.807, 2.05) is 0 Å². The second-order valence-corrected chi connectivity index (χ2v) is 4.69. The third kappa shape index (κ3) is 2.39. The van der Waals surface area contributed by atoms with Crippen LogP contribution in [0.3, 0.4) is 0 Å². The quantitative estimate of drug-likeness (QED) is 0.861. The first-order chi connectivity index (χ1) is 8.27.